The van der Waals surface area contributed by atoms with Crippen LogP contribution in [0.3, 0.4) is 0 Å². The fourth-order valence-corrected chi connectivity index (χ4v) is 2.57. The highest BCUT2D eigenvalue weighted by molar-refractivity contribution is 5.79. The first-order chi connectivity index (χ1) is 8.83. The van der Waals surface area contributed by atoms with Gasteiger partial charge in [0.15, 0.2) is 0 Å². The number of rotatable bonds is 10. The minimum absolute atomic E-state index is 0.368. The molecule has 0 radical (unpaired) electrons. The van der Waals surface area contributed by atoms with Gasteiger partial charge < -0.3 is 4.74 Å². The zero-order valence-electron chi connectivity index (χ0n) is 12.1. The highest BCUT2D eigenvalue weighted by Gasteiger charge is 2.18. The molecule has 0 heterocycles. The molecule has 0 aromatic carbocycles. The Morgan fingerprint density at radius 1 is 0.944 bits per heavy atom. The number of hydrogen-bond acceptors (Lipinski definition) is 2. The van der Waals surface area contributed by atoms with Crippen LogP contribution in [0.15, 0.2) is 0 Å². The zero-order valence-corrected chi connectivity index (χ0v) is 12.1. The van der Waals surface area contributed by atoms with Crippen molar-refractivity contribution in [2.75, 3.05) is 6.61 Å². The van der Waals surface area contributed by atoms with E-state index in [1.54, 1.807) is 0 Å². The van der Waals surface area contributed by atoms with Crippen LogP contribution in [0.25, 0.3) is 0 Å². The summed E-state index contributed by atoms with van der Waals surface area (Å²) in [6, 6.07) is 0. The van der Waals surface area contributed by atoms with Gasteiger partial charge in [-0.15, -0.1) is 0 Å². The van der Waals surface area contributed by atoms with Crippen LogP contribution >= 0.6 is 0 Å². The van der Waals surface area contributed by atoms with Crippen molar-refractivity contribution in [1.29, 1.82) is 0 Å². The Hall–Kier alpha value is -0.370. The number of ether oxygens (including phenoxy) is 1. The van der Waals surface area contributed by atoms with E-state index in [0.29, 0.717) is 11.9 Å². The molecule has 2 nitrogen and oxygen atoms in total. The first kappa shape index (κ1) is 15.7. The maximum atomic E-state index is 11.1. The molecule has 0 unspecified atom stereocenters. The molecule has 1 saturated carbocycles. The van der Waals surface area contributed by atoms with E-state index in [1.807, 2.05) is 0 Å². The number of hydrogen-bond donors (Lipinski definition) is 0. The van der Waals surface area contributed by atoms with Crippen molar-refractivity contribution >= 4 is 5.78 Å². The molecule has 0 aliphatic heterocycles. The third kappa shape index (κ3) is 7.86. The van der Waals surface area contributed by atoms with Gasteiger partial charge in [-0.25, -0.2) is 0 Å². The standard InChI is InChI=1S/C16H30O2/c1-2-3-4-5-6-7-8-9-14-18-16-12-10-15(17)11-13-16/h16H,2-14H2,1H3. The fraction of sp³-hybridized carbons (Fsp3) is 0.938. The Morgan fingerprint density at radius 3 is 2.11 bits per heavy atom. The summed E-state index contributed by atoms with van der Waals surface area (Å²) in [6.45, 7) is 3.16. The lowest BCUT2D eigenvalue weighted by Gasteiger charge is -2.21. The van der Waals surface area contributed by atoms with Gasteiger partial charge in [0, 0.05) is 19.4 Å². The van der Waals surface area contributed by atoms with Crippen molar-refractivity contribution in [3.63, 3.8) is 0 Å². The monoisotopic (exact) mass is 254 g/mol. The second-order valence-corrected chi connectivity index (χ2v) is 5.58. The minimum Gasteiger partial charge on any atom is -0.378 e. The number of carbonyl (C=O) groups is 1. The van der Waals surface area contributed by atoms with E-state index >= 15 is 0 Å². The van der Waals surface area contributed by atoms with Crippen LogP contribution < -0.4 is 0 Å². The van der Waals surface area contributed by atoms with E-state index in [2.05, 4.69) is 6.92 Å². The molecule has 0 spiro atoms. The molecule has 0 N–H and O–H groups in total. The second-order valence-electron chi connectivity index (χ2n) is 5.58. The predicted molar refractivity (Wildman–Crippen MR) is 75.8 cm³/mol. The lowest BCUT2D eigenvalue weighted by Crippen LogP contribution is -2.21. The van der Waals surface area contributed by atoms with Gasteiger partial charge in [-0.2, -0.15) is 0 Å². The van der Waals surface area contributed by atoms with Gasteiger partial charge in [-0.1, -0.05) is 51.9 Å². The third-order valence-electron chi connectivity index (χ3n) is 3.84. The maximum Gasteiger partial charge on any atom is 0.133 e. The highest BCUT2D eigenvalue weighted by Crippen LogP contribution is 2.18. The van der Waals surface area contributed by atoms with Crippen LogP contribution in [0.5, 0.6) is 0 Å². The van der Waals surface area contributed by atoms with Crippen molar-refractivity contribution in [1.82, 2.24) is 0 Å². The third-order valence-corrected chi connectivity index (χ3v) is 3.84. The molecule has 0 atom stereocenters. The van der Waals surface area contributed by atoms with E-state index < -0.39 is 0 Å². The van der Waals surface area contributed by atoms with Crippen LogP contribution in [0.4, 0.5) is 0 Å². The quantitative estimate of drug-likeness (QED) is 0.530. The average molecular weight is 254 g/mol. The van der Waals surface area contributed by atoms with E-state index in [-0.39, 0.29) is 0 Å². The number of ketones is 1. The lowest BCUT2D eigenvalue weighted by molar-refractivity contribution is -0.123. The molecule has 1 aliphatic carbocycles. The number of carbonyl (C=O) groups excluding carboxylic acids is 1. The second kappa shape index (κ2) is 10.5. The van der Waals surface area contributed by atoms with Crippen molar-refractivity contribution in [2.24, 2.45) is 0 Å². The smallest absolute Gasteiger partial charge is 0.133 e. The first-order valence-electron chi connectivity index (χ1n) is 7.96. The van der Waals surface area contributed by atoms with Crippen LogP contribution in [-0.2, 0) is 9.53 Å². The van der Waals surface area contributed by atoms with E-state index in [0.717, 1.165) is 32.3 Å². The van der Waals surface area contributed by atoms with Gasteiger partial charge in [0.05, 0.1) is 6.10 Å². The van der Waals surface area contributed by atoms with Crippen molar-refractivity contribution in [2.45, 2.75) is 90.1 Å². The molecule has 0 aromatic heterocycles. The highest BCUT2D eigenvalue weighted by atomic mass is 16.5. The Labute approximate surface area is 112 Å². The summed E-state index contributed by atoms with van der Waals surface area (Å²) in [5.74, 6) is 0.418. The molecule has 0 aromatic rings. The van der Waals surface area contributed by atoms with Crippen LogP contribution in [-0.4, -0.2) is 18.5 Å². The average Bonchev–Trinajstić information content (AvgIpc) is 2.39. The Balaban J connectivity index is 1.80. The van der Waals surface area contributed by atoms with Crippen LogP contribution in [0, 0.1) is 0 Å². The SMILES string of the molecule is CCCCCCCCCCOC1CCC(=O)CC1. The summed E-state index contributed by atoms with van der Waals surface area (Å²) >= 11 is 0. The summed E-state index contributed by atoms with van der Waals surface area (Å²) < 4.78 is 5.82. The molecular weight excluding hydrogens is 224 g/mol. The number of Topliss-reactive ketones (excluding diaryl/α,β-unsaturated/α-hetero) is 1. The summed E-state index contributed by atoms with van der Waals surface area (Å²) in [5, 5.41) is 0. The van der Waals surface area contributed by atoms with Crippen molar-refractivity contribution in [3.8, 4) is 0 Å². The molecule has 0 amide bonds. The van der Waals surface area contributed by atoms with E-state index in [1.165, 1.54) is 51.4 Å². The van der Waals surface area contributed by atoms with Crippen LogP contribution in [0.2, 0.25) is 0 Å². The Kier molecular flexibility index (Phi) is 9.19. The van der Waals surface area contributed by atoms with Gasteiger partial charge in [-0.3, -0.25) is 4.79 Å². The molecule has 0 saturated heterocycles. The zero-order chi connectivity index (χ0) is 13.1. The molecule has 0 bridgehead atoms. The Morgan fingerprint density at radius 2 is 1.50 bits per heavy atom. The fourth-order valence-electron chi connectivity index (χ4n) is 2.57. The first-order valence-corrected chi connectivity index (χ1v) is 7.96. The number of unbranched alkanes of at least 4 members (excludes halogenated alkanes) is 7. The van der Waals surface area contributed by atoms with Crippen molar-refractivity contribution in [3.05, 3.63) is 0 Å². The van der Waals surface area contributed by atoms with Crippen LogP contribution in [0.1, 0.15) is 84.0 Å². The molecule has 2 heteroatoms. The van der Waals surface area contributed by atoms with E-state index in [4.69, 9.17) is 4.74 Å². The summed E-state index contributed by atoms with van der Waals surface area (Å²) in [5.41, 5.74) is 0. The molecule has 1 fully saturated rings. The molecule has 1 rings (SSSR count). The van der Waals surface area contributed by atoms with Gasteiger partial charge >= 0.3 is 0 Å². The minimum atomic E-state index is 0.368. The maximum absolute atomic E-state index is 11.1. The van der Waals surface area contributed by atoms with Gasteiger partial charge in [-0.05, 0) is 19.3 Å². The molecule has 1 aliphatic rings. The van der Waals surface area contributed by atoms with Gasteiger partial charge in [0.2, 0.25) is 0 Å². The molecular formula is C16H30O2. The lowest BCUT2D eigenvalue weighted by atomic mass is 9.96. The molecule has 106 valence electrons. The topological polar surface area (TPSA) is 26.3 Å². The van der Waals surface area contributed by atoms with Gasteiger partial charge in [0.1, 0.15) is 5.78 Å². The normalized spacial score (nSPS) is 17.3. The summed E-state index contributed by atoms with van der Waals surface area (Å²) in [4.78, 5) is 11.1. The largest absolute Gasteiger partial charge is 0.378 e. The predicted octanol–water partition coefficient (Wildman–Crippen LogP) is 4.66. The van der Waals surface area contributed by atoms with Crippen molar-refractivity contribution < 1.29 is 9.53 Å². The van der Waals surface area contributed by atoms with Gasteiger partial charge in [0.25, 0.3) is 0 Å². The summed E-state index contributed by atoms with van der Waals surface area (Å²) in [7, 11) is 0. The van der Waals surface area contributed by atoms with E-state index in [9.17, 15) is 4.79 Å². The summed E-state index contributed by atoms with van der Waals surface area (Å²) in [6.07, 6.45) is 14.5. The Bertz CT molecular complexity index is 203. The molecule has 18 heavy (non-hydrogen) atoms.